The molecule has 1 aliphatic rings. The van der Waals surface area contributed by atoms with Gasteiger partial charge in [-0.05, 0) is 30.3 Å². The van der Waals surface area contributed by atoms with Crippen molar-refractivity contribution in [3.63, 3.8) is 0 Å². The van der Waals surface area contributed by atoms with E-state index in [0.717, 1.165) is 11.5 Å². The second-order valence-corrected chi connectivity index (χ2v) is 7.66. The molecule has 1 fully saturated rings. The molecule has 2 aromatic carbocycles. The minimum Gasteiger partial charge on any atom is -0.495 e. The molecule has 0 aliphatic carbocycles. The van der Waals surface area contributed by atoms with Crippen LogP contribution in [0.2, 0.25) is 0 Å². The van der Waals surface area contributed by atoms with Crippen molar-refractivity contribution in [2.45, 2.75) is 0 Å². The second kappa shape index (κ2) is 8.06. The quantitative estimate of drug-likeness (QED) is 0.711. The van der Waals surface area contributed by atoms with Crippen molar-refractivity contribution in [2.75, 3.05) is 37.0 Å². The SMILES string of the molecule is COc1ccccc1Nc1c(C(=O)N2CCSCC2)cnc2ccc(F)cc12. The largest absolute Gasteiger partial charge is 0.495 e. The van der Waals surface area contributed by atoms with Crippen LogP contribution in [0.15, 0.2) is 48.7 Å². The van der Waals surface area contributed by atoms with E-state index in [2.05, 4.69) is 10.3 Å². The first-order valence-electron chi connectivity index (χ1n) is 9.02. The van der Waals surface area contributed by atoms with Crippen LogP contribution in [-0.4, -0.2) is 47.5 Å². The zero-order chi connectivity index (χ0) is 19.5. The molecule has 0 spiro atoms. The number of anilines is 2. The maximum atomic E-state index is 14.0. The number of para-hydroxylation sites is 2. The van der Waals surface area contributed by atoms with Crippen LogP contribution in [0.4, 0.5) is 15.8 Å². The molecule has 0 saturated carbocycles. The van der Waals surface area contributed by atoms with Crippen molar-refractivity contribution in [1.29, 1.82) is 0 Å². The van der Waals surface area contributed by atoms with E-state index in [4.69, 9.17) is 4.74 Å². The van der Waals surface area contributed by atoms with Gasteiger partial charge in [0.2, 0.25) is 0 Å². The summed E-state index contributed by atoms with van der Waals surface area (Å²) in [5.41, 5.74) is 2.28. The minimum absolute atomic E-state index is 0.101. The number of hydrogen-bond donors (Lipinski definition) is 1. The Morgan fingerprint density at radius 3 is 2.79 bits per heavy atom. The molecule has 1 aromatic heterocycles. The number of rotatable bonds is 4. The molecule has 4 rings (SSSR count). The fourth-order valence-electron chi connectivity index (χ4n) is 3.28. The third-order valence-corrected chi connectivity index (χ3v) is 5.67. The normalized spacial score (nSPS) is 14.1. The van der Waals surface area contributed by atoms with Crippen LogP contribution >= 0.6 is 11.8 Å². The van der Waals surface area contributed by atoms with Gasteiger partial charge >= 0.3 is 0 Å². The summed E-state index contributed by atoms with van der Waals surface area (Å²) in [4.78, 5) is 19.4. The number of aromatic nitrogens is 1. The number of carbonyl (C=O) groups excluding carboxylic acids is 1. The first-order valence-corrected chi connectivity index (χ1v) is 10.2. The molecule has 1 amide bonds. The van der Waals surface area contributed by atoms with E-state index in [9.17, 15) is 9.18 Å². The van der Waals surface area contributed by atoms with Gasteiger partial charge in [-0.15, -0.1) is 0 Å². The summed E-state index contributed by atoms with van der Waals surface area (Å²) in [5.74, 6) is 1.98. The summed E-state index contributed by atoms with van der Waals surface area (Å²) in [7, 11) is 1.59. The first kappa shape index (κ1) is 18.6. The summed E-state index contributed by atoms with van der Waals surface area (Å²) < 4.78 is 19.4. The van der Waals surface area contributed by atoms with Gasteiger partial charge in [-0.3, -0.25) is 9.78 Å². The predicted molar refractivity (Wildman–Crippen MR) is 111 cm³/mol. The Balaban J connectivity index is 1.84. The van der Waals surface area contributed by atoms with Crippen LogP contribution in [0.3, 0.4) is 0 Å². The van der Waals surface area contributed by atoms with Crippen molar-refractivity contribution in [1.82, 2.24) is 9.88 Å². The number of pyridine rings is 1. The van der Waals surface area contributed by atoms with Crippen molar-refractivity contribution in [2.24, 2.45) is 0 Å². The molecule has 0 atom stereocenters. The fourth-order valence-corrected chi connectivity index (χ4v) is 4.18. The zero-order valence-electron chi connectivity index (χ0n) is 15.4. The number of carbonyl (C=O) groups is 1. The lowest BCUT2D eigenvalue weighted by Crippen LogP contribution is -2.38. The van der Waals surface area contributed by atoms with Crippen LogP contribution < -0.4 is 10.1 Å². The van der Waals surface area contributed by atoms with Crippen LogP contribution in [0.25, 0.3) is 10.9 Å². The molecule has 0 radical (unpaired) electrons. The highest BCUT2D eigenvalue weighted by Gasteiger charge is 2.23. The summed E-state index contributed by atoms with van der Waals surface area (Å²) in [6.45, 7) is 1.39. The maximum Gasteiger partial charge on any atom is 0.257 e. The molecule has 5 nitrogen and oxygen atoms in total. The number of hydrogen-bond acceptors (Lipinski definition) is 5. The average molecular weight is 397 g/mol. The number of nitrogens with zero attached hydrogens (tertiary/aromatic N) is 2. The van der Waals surface area contributed by atoms with Gasteiger partial charge in [-0.2, -0.15) is 11.8 Å². The topological polar surface area (TPSA) is 54.5 Å². The van der Waals surface area contributed by atoms with Crippen LogP contribution in [0.5, 0.6) is 5.75 Å². The van der Waals surface area contributed by atoms with Crippen molar-refractivity contribution >= 4 is 39.9 Å². The lowest BCUT2D eigenvalue weighted by molar-refractivity contribution is 0.0773. The third kappa shape index (κ3) is 3.62. The van der Waals surface area contributed by atoms with Gasteiger partial charge in [0.05, 0.1) is 29.6 Å². The highest BCUT2D eigenvalue weighted by atomic mass is 32.2. The van der Waals surface area contributed by atoms with Gasteiger partial charge < -0.3 is 15.0 Å². The van der Waals surface area contributed by atoms with Gasteiger partial charge in [-0.1, -0.05) is 12.1 Å². The van der Waals surface area contributed by atoms with Gasteiger partial charge in [0.1, 0.15) is 11.6 Å². The number of thioether (sulfide) groups is 1. The predicted octanol–water partition coefficient (Wildman–Crippen LogP) is 4.32. The molecule has 144 valence electrons. The molecule has 2 heterocycles. The summed E-state index contributed by atoms with van der Waals surface area (Å²) >= 11 is 1.84. The van der Waals surface area contributed by atoms with Crippen LogP contribution in [0, 0.1) is 5.82 Å². The van der Waals surface area contributed by atoms with E-state index in [1.165, 1.54) is 12.1 Å². The van der Waals surface area contributed by atoms with E-state index in [1.54, 1.807) is 19.4 Å². The van der Waals surface area contributed by atoms with Gasteiger partial charge in [0.15, 0.2) is 0 Å². The number of benzene rings is 2. The molecule has 28 heavy (non-hydrogen) atoms. The molecular formula is C21H20FN3O2S. The highest BCUT2D eigenvalue weighted by molar-refractivity contribution is 7.99. The van der Waals surface area contributed by atoms with Gasteiger partial charge in [0.25, 0.3) is 5.91 Å². The average Bonchev–Trinajstić information content (AvgIpc) is 2.74. The van der Waals surface area contributed by atoms with E-state index in [-0.39, 0.29) is 11.7 Å². The Morgan fingerprint density at radius 1 is 1.21 bits per heavy atom. The summed E-state index contributed by atoms with van der Waals surface area (Å²) in [5, 5.41) is 3.86. The van der Waals surface area contributed by atoms with Gasteiger partial charge in [-0.25, -0.2) is 4.39 Å². The summed E-state index contributed by atoms with van der Waals surface area (Å²) in [6, 6.07) is 11.8. The first-order chi connectivity index (χ1) is 13.7. The van der Waals surface area contributed by atoms with Crippen molar-refractivity contribution in [3.05, 3.63) is 60.0 Å². The lowest BCUT2D eigenvalue weighted by atomic mass is 10.1. The number of halogens is 1. The number of fused-ring (bicyclic) bond motifs is 1. The van der Waals surface area contributed by atoms with E-state index in [0.29, 0.717) is 46.7 Å². The molecule has 0 unspecified atom stereocenters. The Morgan fingerprint density at radius 2 is 2.00 bits per heavy atom. The Labute approximate surface area is 166 Å². The standard InChI is InChI=1S/C21H20FN3O2S/c1-27-19-5-3-2-4-18(19)24-20-15-12-14(22)6-7-17(15)23-13-16(20)21(26)25-8-10-28-11-9-25/h2-7,12-13H,8-11H2,1H3,(H,23,24). The third-order valence-electron chi connectivity index (χ3n) is 4.73. The van der Waals surface area contributed by atoms with Gasteiger partial charge in [0, 0.05) is 36.2 Å². The Hall–Kier alpha value is -2.80. The molecule has 0 bridgehead atoms. The highest BCUT2D eigenvalue weighted by Crippen LogP contribution is 2.34. The van der Waals surface area contributed by atoms with Crippen LogP contribution in [-0.2, 0) is 0 Å². The maximum absolute atomic E-state index is 14.0. The Kier molecular flexibility index (Phi) is 5.34. The van der Waals surface area contributed by atoms with Crippen LogP contribution in [0.1, 0.15) is 10.4 Å². The molecule has 1 N–H and O–H groups in total. The molecular weight excluding hydrogens is 377 g/mol. The molecule has 7 heteroatoms. The molecule has 3 aromatic rings. The number of methoxy groups -OCH3 is 1. The number of amides is 1. The lowest BCUT2D eigenvalue weighted by Gasteiger charge is -2.27. The monoisotopic (exact) mass is 397 g/mol. The molecule has 1 saturated heterocycles. The van der Waals surface area contributed by atoms with Crippen molar-refractivity contribution < 1.29 is 13.9 Å². The van der Waals surface area contributed by atoms with Crippen molar-refractivity contribution in [3.8, 4) is 5.75 Å². The fraction of sp³-hybridized carbons (Fsp3) is 0.238. The van der Waals surface area contributed by atoms with E-state index < -0.39 is 0 Å². The number of ether oxygens (including phenoxy) is 1. The van der Waals surface area contributed by atoms with E-state index >= 15 is 0 Å². The second-order valence-electron chi connectivity index (χ2n) is 6.44. The zero-order valence-corrected chi connectivity index (χ0v) is 16.3. The smallest absolute Gasteiger partial charge is 0.257 e. The van der Waals surface area contributed by atoms with E-state index in [1.807, 2.05) is 40.9 Å². The Bertz CT molecular complexity index is 1020. The minimum atomic E-state index is -0.378. The number of nitrogens with one attached hydrogen (secondary N) is 1. The molecule has 1 aliphatic heterocycles. The summed E-state index contributed by atoms with van der Waals surface area (Å²) in [6.07, 6.45) is 1.57.